The zero-order valence-corrected chi connectivity index (χ0v) is 21.8. The standard InChI is InChI=1S/C27H38N6O3/c1-19-6-4-9-23(20(19)2)31-14-16-32(17-15-31)25(35)18-29-22-8-5-7-21(22)26(28)27(36)33-11-10-24(34)30(3)12-13-33/h4,6,9H,5,7-8,10-18,28H2,1-3H3/b26-21-,29-22?. The second-order valence-corrected chi connectivity index (χ2v) is 9.95. The first-order valence-electron chi connectivity index (χ1n) is 12.9. The third-order valence-electron chi connectivity index (χ3n) is 7.71. The number of rotatable bonds is 4. The van der Waals surface area contributed by atoms with Crippen LogP contribution >= 0.6 is 0 Å². The number of carbonyl (C=O) groups is 3. The molecule has 9 nitrogen and oxygen atoms in total. The molecule has 1 aliphatic carbocycles. The largest absolute Gasteiger partial charge is 0.394 e. The molecule has 2 heterocycles. The van der Waals surface area contributed by atoms with Gasteiger partial charge >= 0.3 is 0 Å². The second-order valence-electron chi connectivity index (χ2n) is 9.95. The number of allylic oxidation sites excluding steroid dienone is 1. The van der Waals surface area contributed by atoms with Crippen molar-refractivity contribution in [3.8, 4) is 0 Å². The van der Waals surface area contributed by atoms with Gasteiger partial charge in [-0.2, -0.15) is 0 Å². The molecule has 4 rings (SSSR count). The molecule has 3 fully saturated rings. The number of aryl methyl sites for hydroxylation is 1. The number of benzene rings is 1. The highest BCUT2D eigenvalue weighted by molar-refractivity contribution is 6.09. The van der Waals surface area contributed by atoms with Crippen molar-refractivity contribution in [2.75, 3.05) is 64.3 Å². The molecule has 0 radical (unpaired) electrons. The Morgan fingerprint density at radius 2 is 1.67 bits per heavy atom. The third-order valence-corrected chi connectivity index (χ3v) is 7.71. The van der Waals surface area contributed by atoms with Crippen LogP contribution in [0.4, 0.5) is 5.69 Å². The molecule has 2 aliphatic heterocycles. The lowest BCUT2D eigenvalue weighted by molar-refractivity contribution is -0.130. The monoisotopic (exact) mass is 494 g/mol. The SMILES string of the molecule is Cc1cccc(N2CCN(C(=O)CN=C3CCC/C3=C(/N)C(=O)N3CCC(=O)N(C)CC3)CC2)c1C. The van der Waals surface area contributed by atoms with Gasteiger partial charge in [-0.1, -0.05) is 12.1 Å². The molecule has 9 heteroatoms. The van der Waals surface area contributed by atoms with E-state index in [2.05, 4.69) is 41.9 Å². The highest BCUT2D eigenvalue weighted by Gasteiger charge is 2.28. The normalized spacial score (nSPS) is 21.8. The molecular formula is C27H38N6O3. The van der Waals surface area contributed by atoms with Crippen LogP contribution in [-0.2, 0) is 14.4 Å². The summed E-state index contributed by atoms with van der Waals surface area (Å²) in [6.45, 7) is 8.61. The summed E-state index contributed by atoms with van der Waals surface area (Å²) in [4.78, 5) is 50.1. The van der Waals surface area contributed by atoms with Gasteiger partial charge < -0.3 is 25.3 Å². The maximum absolute atomic E-state index is 13.1. The van der Waals surface area contributed by atoms with Crippen molar-refractivity contribution in [1.82, 2.24) is 14.7 Å². The van der Waals surface area contributed by atoms with Gasteiger partial charge in [0.2, 0.25) is 11.8 Å². The summed E-state index contributed by atoms with van der Waals surface area (Å²) in [7, 11) is 1.75. The fourth-order valence-electron chi connectivity index (χ4n) is 5.16. The van der Waals surface area contributed by atoms with Crippen LogP contribution in [0.3, 0.4) is 0 Å². The number of hydrogen-bond donors (Lipinski definition) is 1. The fourth-order valence-corrected chi connectivity index (χ4v) is 5.16. The van der Waals surface area contributed by atoms with Crippen LogP contribution < -0.4 is 10.6 Å². The number of nitrogens with zero attached hydrogens (tertiary/aromatic N) is 5. The highest BCUT2D eigenvalue weighted by atomic mass is 16.2. The minimum atomic E-state index is -0.239. The van der Waals surface area contributed by atoms with E-state index >= 15 is 0 Å². The van der Waals surface area contributed by atoms with Gasteiger partial charge in [-0.25, -0.2) is 0 Å². The Morgan fingerprint density at radius 3 is 2.42 bits per heavy atom. The zero-order valence-electron chi connectivity index (χ0n) is 21.8. The Labute approximate surface area is 213 Å². The predicted octanol–water partition coefficient (Wildman–Crippen LogP) is 1.48. The van der Waals surface area contributed by atoms with Gasteiger partial charge in [0.15, 0.2) is 0 Å². The molecule has 0 spiro atoms. The van der Waals surface area contributed by atoms with Crippen molar-refractivity contribution < 1.29 is 14.4 Å². The lowest BCUT2D eigenvalue weighted by atomic mass is 10.1. The molecule has 1 saturated carbocycles. The topological polar surface area (TPSA) is 103 Å². The van der Waals surface area contributed by atoms with E-state index in [1.807, 2.05) is 4.90 Å². The molecule has 0 aromatic heterocycles. The Bertz CT molecular complexity index is 1090. The Morgan fingerprint density at radius 1 is 0.944 bits per heavy atom. The quantitative estimate of drug-likeness (QED) is 0.639. The van der Waals surface area contributed by atoms with Crippen molar-refractivity contribution in [2.45, 2.75) is 39.5 Å². The number of nitrogens with two attached hydrogens (primary N) is 1. The summed E-state index contributed by atoms with van der Waals surface area (Å²) in [5.41, 5.74) is 11.9. The number of hydrogen-bond acceptors (Lipinski definition) is 6. The predicted molar refractivity (Wildman–Crippen MR) is 141 cm³/mol. The van der Waals surface area contributed by atoms with Crippen LogP contribution in [0, 0.1) is 13.8 Å². The van der Waals surface area contributed by atoms with E-state index in [0.717, 1.165) is 37.2 Å². The van der Waals surface area contributed by atoms with Gasteiger partial charge in [-0.3, -0.25) is 19.4 Å². The van der Waals surface area contributed by atoms with E-state index in [4.69, 9.17) is 5.73 Å². The van der Waals surface area contributed by atoms with Crippen LogP contribution in [0.15, 0.2) is 34.5 Å². The van der Waals surface area contributed by atoms with Crippen molar-refractivity contribution in [3.63, 3.8) is 0 Å². The summed E-state index contributed by atoms with van der Waals surface area (Å²) < 4.78 is 0. The minimum Gasteiger partial charge on any atom is -0.394 e. The lowest BCUT2D eigenvalue weighted by Crippen LogP contribution is -2.49. The first-order chi connectivity index (χ1) is 17.3. The summed E-state index contributed by atoms with van der Waals surface area (Å²) in [6.07, 6.45) is 2.58. The van der Waals surface area contributed by atoms with Crippen LogP contribution in [0.5, 0.6) is 0 Å². The number of aliphatic imine (C=N–C) groups is 1. The molecule has 1 aromatic rings. The van der Waals surface area contributed by atoms with Gasteiger partial charge in [-0.05, 0) is 50.3 Å². The van der Waals surface area contributed by atoms with Crippen molar-refractivity contribution in [2.24, 2.45) is 10.7 Å². The number of amides is 3. The smallest absolute Gasteiger partial charge is 0.270 e. The van der Waals surface area contributed by atoms with Gasteiger partial charge in [-0.15, -0.1) is 0 Å². The van der Waals surface area contributed by atoms with Crippen molar-refractivity contribution in [3.05, 3.63) is 40.6 Å². The zero-order chi connectivity index (χ0) is 25.8. The number of anilines is 1. The van der Waals surface area contributed by atoms with Crippen LogP contribution in [0.1, 0.15) is 36.8 Å². The lowest BCUT2D eigenvalue weighted by Gasteiger charge is -2.37. The number of carbonyl (C=O) groups excluding carboxylic acids is 3. The first kappa shape index (κ1) is 25.7. The van der Waals surface area contributed by atoms with Crippen molar-refractivity contribution >= 4 is 29.1 Å². The second kappa shape index (κ2) is 11.1. The fraction of sp³-hybridized carbons (Fsp3) is 0.556. The summed E-state index contributed by atoms with van der Waals surface area (Å²) in [5.74, 6) is -0.196. The molecule has 0 atom stereocenters. The molecule has 2 N–H and O–H groups in total. The van der Waals surface area contributed by atoms with E-state index in [0.29, 0.717) is 45.6 Å². The molecule has 0 unspecified atom stereocenters. The number of piperazine rings is 1. The number of likely N-dealkylation sites (N-methyl/N-ethyl adjacent to an activating group) is 1. The Hall–Kier alpha value is -3.36. The van der Waals surface area contributed by atoms with Crippen LogP contribution in [0.2, 0.25) is 0 Å². The molecule has 1 aromatic carbocycles. The molecule has 0 bridgehead atoms. The van der Waals surface area contributed by atoms with Gasteiger partial charge in [0.1, 0.15) is 12.2 Å². The highest BCUT2D eigenvalue weighted by Crippen LogP contribution is 2.26. The summed E-state index contributed by atoms with van der Waals surface area (Å²) in [5, 5.41) is 0. The van der Waals surface area contributed by atoms with E-state index in [1.165, 1.54) is 16.8 Å². The Balaban J connectivity index is 1.36. The minimum absolute atomic E-state index is 0.00771. The summed E-state index contributed by atoms with van der Waals surface area (Å²) >= 11 is 0. The van der Waals surface area contributed by atoms with Gasteiger partial charge in [0.05, 0.1) is 0 Å². The maximum atomic E-state index is 13.1. The Kier molecular flexibility index (Phi) is 7.96. The van der Waals surface area contributed by atoms with Gasteiger partial charge in [0.25, 0.3) is 5.91 Å². The molecule has 36 heavy (non-hydrogen) atoms. The van der Waals surface area contributed by atoms with Crippen LogP contribution in [0.25, 0.3) is 0 Å². The molecular weight excluding hydrogens is 456 g/mol. The maximum Gasteiger partial charge on any atom is 0.270 e. The average molecular weight is 495 g/mol. The average Bonchev–Trinajstić information content (AvgIpc) is 3.29. The van der Waals surface area contributed by atoms with Crippen molar-refractivity contribution in [1.29, 1.82) is 0 Å². The van der Waals surface area contributed by atoms with E-state index < -0.39 is 0 Å². The third kappa shape index (κ3) is 5.55. The van der Waals surface area contributed by atoms with E-state index in [1.54, 1.807) is 16.8 Å². The van der Waals surface area contributed by atoms with E-state index in [-0.39, 0.29) is 30.0 Å². The summed E-state index contributed by atoms with van der Waals surface area (Å²) in [6, 6.07) is 6.35. The van der Waals surface area contributed by atoms with Gasteiger partial charge in [0, 0.05) is 76.3 Å². The molecule has 3 amide bonds. The molecule has 2 saturated heterocycles. The van der Waals surface area contributed by atoms with Crippen LogP contribution in [-0.4, -0.2) is 97.5 Å². The first-order valence-corrected chi connectivity index (χ1v) is 12.9. The van der Waals surface area contributed by atoms with E-state index in [9.17, 15) is 14.4 Å². The molecule has 194 valence electrons. The molecule has 3 aliphatic rings.